The monoisotopic (exact) mass is 734 g/mol. The maximum Gasteiger partial charge on any atom is 0.329 e. The first-order valence-electron chi connectivity index (χ1n) is 11.0. The number of nitrogens with two attached hydrogens (primary N) is 1. The van der Waals surface area contributed by atoms with Crippen LogP contribution in [0.2, 0.25) is 0 Å². The van der Waals surface area contributed by atoms with Crippen molar-refractivity contribution >= 4 is 30.1 Å². The van der Waals surface area contributed by atoms with Crippen molar-refractivity contribution in [2.75, 3.05) is 6.54 Å². The molecule has 0 spiro atoms. The van der Waals surface area contributed by atoms with Crippen molar-refractivity contribution in [3.05, 3.63) is 35.9 Å². The molecule has 0 aliphatic rings. The summed E-state index contributed by atoms with van der Waals surface area (Å²) in [6.07, 6.45) is 1.30. The van der Waals surface area contributed by atoms with Crippen LogP contribution in [0.4, 0.5) is 0 Å². The fourth-order valence-electron chi connectivity index (χ4n) is 2.56. The summed E-state index contributed by atoms with van der Waals surface area (Å²) in [6, 6.07) is 8.34. The molecule has 10 nitrogen and oxygen atoms in total. The predicted octanol–water partition coefficient (Wildman–Crippen LogP) is 0.871. The number of hydrogen-bond donors (Lipinski definition) is 4. The third kappa shape index (κ3) is 15.9. The topological polar surface area (TPSA) is 157 Å². The standard InChI is InChI=1S/C17H29N4O6.C7H8.Fm/c1-10(2)14(20-9-22)15(25)19-8-13(24)21-11(6-7-12(18)23)16(26)27-17(3,4)5;1-7-5-3-2-4-6-7;/h10-11,14H,6-8H2,1-5H3,(H2,18,23)(H,19,25)(H,20,22)(H,21,24);2-6H,1H3;/q-1;;. The molecule has 1 rings (SSSR count). The van der Waals surface area contributed by atoms with Crippen LogP contribution in [-0.4, -0.2) is 54.3 Å². The first-order chi connectivity index (χ1) is 15.8. The summed E-state index contributed by atoms with van der Waals surface area (Å²) in [6.45, 7) is 10.1. The first kappa shape index (κ1) is 32.7. The van der Waals surface area contributed by atoms with Crippen molar-refractivity contribution in [2.45, 2.75) is 72.1 Å². The van der Waals surface area contributed by atoms with E-state index in [4.69, 9.17) is 10.5 Å². The van der Waals surface area contributed by atoms with Gasteiger partial charge in [-0.25, -0.2) is 4.79 Å². The number of benzene rings is 1. The summed E-state index contributed by atoms with van der Waals surface area (Å²) >= 11 is 0. The normalized spacial score (nSPS) is 12.0. The van der Waals surface area contributed by atoms with E-state index in [0.717, 1.165) is 0 Å². The SMILES string of the molecule is CC(C)C(N[C-]=O)C(=O)NCC(=O)NC(CCC(N)=O)C(=O)OC(C)(C)C.Cc1ccccc1.[Fm]. The largest absolute Gasteiger partial charge is 0.520 e. The third-order valence-corrected chi connectivity index (χ3v) is 4.23. The Morgan fingerprint density at radius 2 is 1.66 bits per heavy atom. The van der Waals surface area contributed by atoms with E-state index in [9.17, 15) is 24.0 Å². The van der Waals surface area contributed by atoms with Gasteiger partial charge in [0.1, 0.15) is 11.6 Å². The van der Waals surface area contributed by atoms with E-state index in [1.54, 1.807) is 34.6 Å². The average Bonchev–Trinajstić information content (AvgIpc) is 2.72. The van der Waals surface area contributed by atoms with Crippen LogP contribution in [0.15, 0.2) is 30.3 Å². The van der Waals surface area contributed by atoms with Crippen molar-refractivity contribution in [3.63, 3.8) is 0 Å². The average molecular weight is 735 g/mol. The first-order valence-corrected chi connectivity index (χ1v) is 11.0. The van der Waals surface area contributed by atoms with E-state index in [2.05, 4.69) is 35.0 Å². The van der Waals surface area contributed by atoms with Crippen LogP contribution in [0, 0.1) is 12.8 Å². The van der Waals surface area contributed by atoms with Gasteiger partial charge in [0.2, 0.25) is 17.7 Å². The van der Waals surface area contributed by atoms with E-state index in [1.165, 1.54) is 12.0 Å². The molecule has 0 heterocycles. The molecule has 0 bridgehead atoms. The third-order valence-electron chi connectivity index (χ3n) is 4.23. The molecule has 0 aliphatic heterocycles. The van der Waals surface area contributed by atoms with E-state index in [1.807, 2.05) is 18.2 Å². The minimum Gasteiger partial charge on any atom is -0.520 e. The number of carbonyl (C=O) groups is 4. The van der Waals surface area contributed by atoms with Crippen molar-refractivity contribution in [1.82, 2.24) is 16.0 Å². The second-order valence-corrected chi connectivity index (χ2v) is 9.00. The van der Waals surface area contributed by atoms with Crippen LogP contribution >= 0.6 is 0 Å². The summed E-state index contributed by atoms with van der Waals surface area (Å²) in [7, 11) is 0. The van der Waals surface area contributed by atoms with E-state index in [0.29, 0.717) is 0 Å². The molecule has 35 heavy (non-hydrogen) atoms. The number of amides is 4. The Kier molecular flexibility index (Phi) is 15.2. The second-order valence-electron chi connectivity index (χ2n) is 9.00. The van der Waals surface area contributed by atoms with Crippen LogP contribution in [-0.2, 0) is 28.7 Å². The molecule has 1 aromatic rings. The maximum absolute atomic E-state index is 12.2. The molecule has 0 saturated heterocycles. The summed E-state index contributed by atoms with van der Waals surface area (Å²) < 4.78 is 5.21. The molecule has 11 heteroatoms. The Balaban J connectivity index is 0. The van der Waals surface area contributed by atoms with Crippen LogP contribution in [0.3, 0.4) is 0 Å². The van der Waals surface area contributed by atoms with Gasteiger partial charge >= 0.3 is 5.97 Å². The van der Waals surface area contributed by atoms with E-state index >= 15 is 0 Å². The van der Waals surface area contributed by atoms with Gasteiger partial charge in [0.25, 0.3) is 0 Å². The molecule has 0 aliphatic carbocycles. The molecule has 0 radical (unpaired) electrons. The van der Waals surface area contributed by atoms with Crippen molar-refractivity contribution in [2.24, 2.45) is 11.7 Å². The van der Waals surface area contributed by atoms with Gasteiger partial charge in [0.05, 0.1) is 12.6 Å². The predicted molar refractivity (Wildman–Crippen MR) is 128 cm³/mol. The van der Waals surface area contributed by atoms with Gasteiger partial charge in [0.15, 0.2) is 0 Å². The van der Waals surface area contributed by atoms with Gasteiger partial charge in [-0.3, -0.25) is 14.4 Å². The molecule has 2 unspecified atom stereocenters. The molecule has 0 fully saturated rings. The second kappa shape index (κ2) is 16.2. The van der Waals surface area contributed by atoms with Gasteiger partial charge in [-0.05, 0) is 40.0 Å². The van der Waals surface area contributed by atoms with E-state index < -0.39 is 47.9 Å². The van der Waals surface area contributed by atoms with Crippen LogP contribution in [0.1, 0.15) is 53.0 Å². The Labute approximate surface area is 201 Å². The zero-order valence-electron chi connectivity index (χ0n) is 21.1. The molecule has 1 aromatic carbocycles. The Bertz CT molecular complexity index is 812. The van der Waals surface area contributed by atoms with E-state index in [-0.39, 0.29) is 18.8 Å². The van der Waals surface area contributed by atoms with Crippen molar-refractivity contribution < 1.29 is 28.7 Å². The minimum absolute atomic E-state index is 0. The van der Waals surface area contributed by atoms with Crippen LogP contribution < -0.4 is 21.7 Å². The summed E-state index contributed by atoms with van der Waals surface area (Å²) in [4.78, 5) is 57.7. The molecule has 4 amide bonds. The fourth-order valence-corrected chi connectivity index (χ4v) is 2.56. The summed E-state index contributed by atoms with van der Waals surface area (Å²) in [5, 5.41) is 7.03. The molecular weight excluding hydrogens is 697 g/mol. The Morgan fingerprint density at radius 3 is 2.06 bits per heavy atom. The quantitative estimate of drug-likeness (QED) is 0.150. The van der Waals surface area contributed by atoms with Crippen LogP contribution in [0.25, 0.3) is 0 Å². The van der Waals surface area contributed by atoms with Crippen molar-refractivity contribution in [1.29, 1.82) is 0 Å². The number of aryl methyl sites for hydroxylation is 1. The summed E-state index contributed by atoms with van der Waals surface area (Å²) in [5.74, 6) is -2.75. The maximum atomic E-state index is 12.2. The molecule has 2 atom stereocenters. The number of ether oxygens (including phenoxy) is 1. The molecule has 5 N–H and O–H groups in total. The van der Waals surface area contributed by atoms with Gasteiger partial charge in [-0.15, -0.1) is 0 Å². The summed E-state index contributed by atoms with van der Waals surface area (Å²) in [5.41, 5.74) is 5.63. The number of carbonyl (C=O) groups excluding carboxylic acids is 5. The zero-order chi connectivity index (χ0) is 26.3. The fraction of sp³-hybridized carbons (Fsp3) is 0.542. The number of rotatable bonds is 11. The van der Waals surface area contributed by atoms with Gasteiger partial charge in [-0.2, -0.15) is 6.41 Å². The van der Waals surface area contributed by atoms with Gasteiger partial charge in [-0.1, -0.05) is 49.7 Å². The van der Waals surface area contributed by atoms with Gasteiger partial charge < -0.3 is 31.2 Å². The Morgan fingerprint density at radius 1 is 1.09 bits per heavy atom. The minimum atomic E-state index is -1.08. The number of primary amides is 1. The molecule has 202 valence electrons. The van der Waals surface area contributed by atoms with Crippen LogP contribution in [0.5, 0.6) is 0 Å². The smallest absolute Gasteiger partial charge is 0.329 e. The zero-order valence-corrected chi connectivity index (χ0v) is 23.5. The number of nitrogens with one attached hydrogen (secondary N) is 3. The molecule has 0 saturated carbocycles. The van der Waals surface area contributed by atoms with Gasteiger partial charge in [0, 0.05) is 6.42 Å². The Hall–Kier alpha value is -4.43. The molecular formula is C24H37FmN4O6-. The number of esters is 1. The number of hydrogen-bond acceptors (Lipinski definition) is 6. The van der Waals surface area contributed by atoms with Crippen molar-refractivity contribution in [3.8, 4) is 0 Å². The molecule has 0 aromatic heterocycles.